The Labute approximate surface area is 180 Å². The summed E-state index contributed by atoms with van der Waals surface area (Å²) in [5.74, 6) is 1.42. The first-order valence-electron chi connectivity index (χ1n) is 10.1. The average molecular weight is 419 g/mol. The second-order valence-corrected chi connectivity index (χ2v) is 7.25. The van der Waals surface area contributed by atoms with Crippen molar-refractivity contribution in [3.8, 4) is 5.75 Å². The van der Waals surface area contributed by atoms with E-state index in [1.165, 1.54) is 6.21 Å². The third-order valence-corrected chi connectivity index (χ3v) is 4.86. The van der Waals surface area contributed by atoms with Gasteiger partial charge in [0.05, 0.1) is 19.4 Å². The van der Waals surface area contributed by atoms with Gasteiger partial charge in [0.2, 0.25) is 17.8 Å². The van der Waals surface area contributed by atoms with Crippen LogP contribution in [0.2, 0.25) is 0 Å². The number of hydrazone groups is 1. The van der Waals surface area contributed by atoms with Gasteiger partial charge < -0.3 is 20.1 Å². The lowest BCUT2D eigenvalue weighted by Gasteiger charge is -2.27. The van der Waals surface area contributed by atoms with Crippen LogP contribution in [0.4, 0.5) is 23.5 Å². The van der Waals surface area contributed by atoms with Crippen molar-refractivity contribution in [3.63, 3.8) is 0 Å². The van der Waals surface area contributed by atoms with Gasteiger partial charge in [-0.1, -0.05) is 24.3 Å². The molecule has 3 aromatic rings. The summed E-state index contributed by atoms with van der Waals surface area (Å²) in [6.45, 7) is 6.72. The number of rotatable bonds is 6. The van der Waals surface area contributed by atoms with Crippen molar-refractivity contribution in [2.45, 2.75) is 13.8 Å². The molecule has 0 amide bonds. The van der Waals surface area contributed by atoms with Crippen LogP contribution in [0.3, 0.4) is 0 Å². The summed E-state index contributed by atoms with van der Waals surface area (Å²) in [5, 5.41) is 17.4. The summed E-state index contributed by atoms with van der Waals surface area (Å²) in [6.07, 6.45) is 1.52. The Hall–Kier alpha value is -3.72. The van der Waals surface area contributed by atoms with Gasteiger partial charge in [-0.2, -0.15) is 20.1 Å². The third-order valence-electron chi connectivity index (χ3n) is 4.86. The fourth-order valence-electron chi connectivity index (χ4n) is 3.12. The van der Waals surface area contributed by atoms with E-state index >= 15 is 0 Å². The fourth-order valence-corrected chi connectivity index (χ4v) is 3.12. The molecule has 9 heteroatoms. The van der Waals surface area contributed by atoms with Gasteiger partial charge in [0, 0.05) is 24.3 Å². The van der Waals surface area contributed by atoms with Crippen LogP contribution in [0.25, 0.3) is 0 Å². The zero-order chi connectivity index (χ0) is 21.6. The van der Waals surface area contributed by atoms with E-state index in [4.69, 9.17) is 4.74 Å². The SMILES string of the molecule is Cc1ccc(C)c(Nc2nc(NN=Cc3ccccc3O)nc(N3CCOCC3)n2)c1. The molecule has 1 fully saturated rings. The van der Waals surface area contributed by atoms with Crippen molar-refractivity contribution in [2.75, 3.05) is 41.9 Å². The van der Waals surface area contributed by atoms with Crippen molar-refractivity contribution >= 4 is 29.7 Å². The first-order chi connectivity index (χ1) is 15.1. The molecule has 0 bridgehead atoms. The van der Waals surface area contributed by atoms with E-state index in [0.717, 1.165) is 16.8 Å². The monoisotopic (exact) mass is 419 g/mol. The van der Waals surface area contributed by atoms with Crippen molar-refractivity contribution in [1.82, 2.24) is 15.0 Å². The number of phenols is 1. The fraction of sp³-hybridized carbons (Fsp3) is 0.273. The molecule has 0 radical (unpaired) electrons. The maximum absolute atomic E-state index is 9.89. The number of phenolic OH excluding ortho intramolecular Hbond substituents is 1. The topological polar surface area (TPSA) is 108 Å². The minimum Gasteiger partial charge on any atom is -0.507 e. The number of morpholine rings is 1. The van der Waals surface area contributed by atoms with Crippen molar-refractivity contribution < 1.29 is 9.84 Å². The number of ether oxygens (including phenoxy) is 1. The van der Waals surface area contributed by atoms with E-state index in [2.05, 4.69) is 53.9 Å². The van der Waals surface area contributed by atoms with Crippen molar-refractivity contribution in [2.24, 2.45) is 5.10 Å². The quantitative estimate of drug-likeness (QED) is 0.413. The van der Waals surface area contributed by atoms with E-state index in [1.807, 2.05) is 19.9 Å². The Morgan fingerprint density at radius 2 is 1.81 bits per heavy atom. The molecule has 9 nitrogen and oxygen atoms in total. The number of hydrogen-bond acceptors (Lipinski definition) is 9. The summed E-state index contributed by atoms with van der Waals surface area (Å²) in [4.78, 5) is 15.6. The standard InChI is InChI=1S/C22H25N7O2/c1-15-7-8-16(2)18(13-15)24-20-25-21(27-22(26-20)29-9-11-31-12-10-29)28-23-14-17-5-3-4-6-19(17)30/h3-8,13-14,30H,9-12H2,1-2H3,(H2,24,25,26,27,28). The molecule has 0 unspecified atom stereocenters. The van der Waals surface area contributed by atoms with E-state index in [9.17, 15) is 5.11 Å². The second kappa shape index (κ2) is 9.40. The predicted molar refractivity (Wildman–Crippen MR) is 121 cm³/mol. The van der Waals surface area contributed by atoms with Gasteiger partial charge in [-0.3, -0.25) is 0 Å². The molecule has 4 rings (SSSR count). The lowest BCUT2D eigenvalue weighted by molar-refractivity contribution is 0.122. The number of benzene rings is 2. The lowest BCUT2D eigenvalue weighted by Crippen LogP contribution is -2.37. The van der Waals surface area contributed by atoms with Crippen LogP contribution in [0.15, 0.2) is 47.6 Å². The molecule has 160 valence electrons. The van der Waals surface area contributed by atoms with E-state index in [-0.39, 0.29) is 5.75 Å². The average Bonchev–Trinajstić information content (AvgIpc) is 2.78. The maximum Gasteiger partial charge on any atom is 0.250 e. The van der Waals surface area contributed by atoms with Crippen LogP contribution in [0, 0.1) is 13.8 Å². The van der Waals surface area contributed by atoms with Gasteiger partial charge in [-0.15, -0.1) is 0 Å². The number of nitrogens with one attached hydrogen (secondary N) is 2. The highest BCUT2D eigenvalue weighted by molar-refractivity contribution is 5.83. The zero-order valence-electron chi connectivity index (χ0n) is 17.5. The Bertz CT molecular complexity index is 1080. The Balaban J connectivity index is 1.61. The summed E-state index contributed by atoms with van der Waals surface area (Å²) in [7, 11) is 0. The van der Waals surface area contributed by atoms with Crippen molar-refractivity contribution in [3.05, 3.63) is 59.2 Å². The minimum atomic E-state index is 0.148. The Morgan fingerprint density at radius 1 is 1.03 bits per heavy atom. The number of aryl methyl sites for hydroxylation is 2. The van der Waals surface area contributed by atoms with Crippen LogP contribution < -0.4 is 15.6 Å². The van der Waals surface area contributed by atoms with Gasteiger partial charge >= 0.3 is 0 Å². The van der Waals surface area contributed by atoms with Crippen LogP contribution in [0.5, 0.6) is 5.75 Å². The highest BCUT2D eigenvalue weighted by Crippen LogP contribution is 2.22. The molecule has 31 heavy (non-hydrogen) atoms. The van der Waals surface area contributed by atoms with Gasteiger partial charge in [0.1, 0.15) is 5.75 Å². The summed E-state index contributed by atoms with van der Waals surface area (Å²) in [5.41, 5.74) is 6.60. The van der Waals surface area contributed by atoms with Crippen molar-refractivity contribution in [1.29, 1.82) is 0 Å². The van der Waals surface area contributed by atoms with Gasteiger partial charge in [-0.05, 0) is 43.2 Å². The molecule has 1 aliphatic rings. The summed E-state index contributed by atoms with van der Waals surface area (Å²) < 4.78 is 5.44. The molecular formula is C22H25N7O2. The van der Waals surface area contributed by atoms with Gasteiger partial charge in [0.25, 0.3) is 0 Å². The smallest absolute Gasteiger partial charge is 0.250 e. The number of anilines is 4. The highest BCUT2D eigenvalue weighted by Gasteiger charge is 2.17. The van der Waals surface area contributed by atoms with Crippen LogP contribution in [-0.2, 0) is 4.74 Å². The number of hydrogen-bond donors (Lipinski definition) is 3. The molecular weight excluding hydrogens is 394 g/mol. The van der Waals surface area contributed by atoms with Crippen LogP contribution in [-0.4, -0.2) is 52.6 Å². The predicted octanol–water partition coefficient (Wildman–Crippen LogP) is 3.22. The second-order valence-electron chi connectivity index (χ2n) is 7.25. The molecule has 0 aliphatic carbocycles. The molecule has 1 aliphatic heterocycles. The molecule has 3 N–H and O–H groups in total. The Kier molecular flexibility index (Phi) is 6.23. The van der Waals surface area contributed by atoms with Gasteiger partial charge in [-0.25, -0.2) is 5.43 Å². The van der Waals surface area contributed by atoms with E-state index in [0.29, 0.717) is 49.7 Å². The molecule has 2 aromatic carbocycles. The zero-order valence-corrected chi connectivity index (χ0v) is 17.5. The van der Waals surface area contributed by atoms with Gasteiger partial charge in [0.15, 0.2) is 0 Å². The number of nitrogens with zero attached hydrogens (tertiary/aromatic N) is 5. The normalized spacial score (nSPS) is 14.1. The Morgan fingerprint density at radius 3 is 2.61 bits per heavy atom. The third kappa shape index (κ3) is 5.26. The highest BCUT2D eigenvalue weighted by atomic mass is 16.5. The van der Waals surface area contributed by atoms with Crippen LogP contribution in [0.1, 0.15) is 16.7 Å². The summed E-state index contributed by atoms with van der Waals surface area (Å²) in [6, 6.07) is 13.1. The number of aromatic nitrogens is 3. The van der Waals surface area contributed by atoms with E-state index in [1.54, 1.807) is 18.2 Å². The first-order valence-corrected chi connectivity index (χ1v) is 10.1. The number of para-hydroxylation sites is 1. The molecule has 1 aromatic heterocycles. The molecule has 2 heterocycles. The lowest BCUT2D eigenvalue weighted by atomic mass is 10.1. The largest absolute Gasteiger partial charge is 0.507 e. The minimum absolute atomic E-state index is 0.148. The molecule has 1 saturated heterocycles. The molecule has 0 saturated carbocycles. The first kappa shape index (κ1) is 20.5. The number of aromatic hydroxyl groups is 1. The molecule has 0 atom stereocenters. The van der Waals surface area contributed by atoms with Crippen LogP contribution >= 0.6 is 0 Å². The summed E-state index contributed by atoms with van der Waals surface area (Å²) >= 11 is 0. The maximum atomic E-state index is 9.89. The van der Waals surface area contributed by atoms with E-state index < -0.39 is 0 Å². The molecule has 0 spiro atoms.